The molecule has 2 rings (SSSR count). The lowest BCUT2D eigenvalue weighted by Gasteiger charge is -2.02. The van der Waals surface area contributed by atoms with Crippen LogP contribution in [0, 0.1) is 6.92 Å². The van der Waals surface area contributed by atoms with Crippen molar-refractivity contribution in [2.45, 2.75) is 6.92 Å². The number of nitrogens with zero attached hydrogens (tertiary/aromatic N) is 4. The predicted molar refractivity (Wildman–Crippen MR) is 60.3 cm³/mol. The molecule has 0 amide bonds. The van der Waals surface area contributed by atoms with Crippen LogP contribution in [0.2, 0.25) is 5.15 Å². The zero-order chi connectivity index (χ0) is 10.8. The molecule has 0 unspecified atom stereocenters. The molecule has 0 saturated heterocycles. The number of hydrogen-bond acceptors (Lipinski definition) is 2. The van der Waals surface area contributed by atoms with Crippen molar-refractivity contribution in [2.24, 2.45) is 5.11 Å². The van der Waals surface area contributed by atoms with E-state index in [0.717, 1.165) is 16.5 Å². The molecule has 0 aliphatic carbocycles. The first-order chi connectivity index (χ1) is 7.20. The van der Waals surface area contributed by atoms with E-state index < -0.39 is 0 Å². The summed E-state index contributed by atoms with van der Waals surface area (Å²) in [5.41, 5.74) is 10.7. The van der Waals surface area contributed by atoms with Crippen molar-refractivity contribution >= 4 is 28.2 Å². The van der Waals surface area contributed by atoms with Gasteiger partial charge in [0.25, 0.3) is 0 Å². The lowest BCUT2D eigenvalue weighted by atomic mass is 10.1. The van der Waals surface area contributed by atoms with E-state index in [4.69, 9.17) is 17.1 Å². The summed E-state index contributed by atoms with van der Waals surface area (Å²) in [6, 6.07) is 7.08. The number of aryl methyl sites for hydroxylation is 1. The molecule has 2 aromatic rings. The highest BCUT2D eigenvalue weighted by Gasteiger charge is 2.01. The van der Waals surface area contributed by atoms with Crippen LogP contribution in [0.5, 0.6) is 0 Å². The second kappa shape index (κ2) is 3.77. The fourth-order valence-corrected chi connectivity index (χ4v) is 1.71. The topological polar surface area (TPSA) is 61.7 Å². The monoisotopic (exact) mass is 218 g/mol. The van der Waals surface area contributed by atoms with Gasteiger partial charge in [-0.2, -0.15) is 0 Å². The summed E-state index contributed by atoms with van der Waals surface area (Å²) in [5, 5.41) is 4.96. The van der Waals surface area contributed by atoms with Crippen molar-refractivity contribution in [1.29, 1.82) is 0 Å². The standard InChI is InChI=1S/C10H7ClN4/c1-6-4-10(11)13-9-3-2-7(14-15-12)5-8(6)9/h2-5H,1H3. The van der Waals surface area contributed by atoms with Gasteiger partial charge in [0, 0.05) is 16.0 Å². The van der Waals surface area contributed by atoms with E-state index in [-0.39, 0.29) is 0 Å². The lowest BCUT2D eigenvalue weighted by Crippen LogP contribution is -1.83. The van der Waals surface area contributed by atoms with E-state index in [1.165, 1.54) is 0 Å². The highest BCUT2D eigenvalue weighted by atomic mass is 35.5. The number of benzene rings is 1. The Morgan fingerprint density at radius 2 is 2.20 bits per heavy atom. The first kappa shape index (κ1) is 9.77. The Bertz CT molecular complexity index is 573. The molecule has 0 atom stereocenters. The summed E-state index contributed by atoms with van der Waals surface area (Å²) in [6.07, 6.45) is 0. The first-order valence-electron chi connectivity index (χ1n) is 4.33. The molecular weight excluding hydrogens is 212 g/mol. The highest BCUT2D eigenvalue weighted by Crippen LogP contribution is 2.24. The molecule has 0 fully saturated rings. The molecule has 0 radical (unpaired) electrons. The molecule has 0 bridgehead atoms. The van der Waals surface area contributed by atoms with Crippen LogP contribution in [0.15, 0.2) is 29.4 Å². The summed E-state index contributed by atoms with van der Waals surface area (Å²) in [6.45, 7) is 1.94. The molecule has 0 aliphatic rings. The highest BCUT2D eigenvalue weighted by molar-refractivity contribution is 6.29. The van der Waals surface area contributed by atoms with Crippen molar-refractivity contribution in [3.8, 4) is 0 Å². The molecule has 15 heavy (non-hydrogen) atoms. The normalized spacial score (nSPS) is 10.0. The average Bonchev–Trinajstić information content (AvgIpc) is 2.19. The maximum atomic E-state index is 8.33. The van der Waals surface area contributed by atoms with Crippen molar-refractivity contribution in [1.82, 2.24) is 4.98 Å². The molecule has 4 nitrogen and oxygen atoms in total. The Morgan fingerprint density at radius 3 is 2.93 bits per heavy atom. The zero-order valence-corrected chi connectivity index (χ0v) is 8.73. The number of azide groups is 1. The fraction of sp³-hybridized carbons (Fsp3) is 0.100. The smallest absolute Gasteiger partial charge is 0.130 e. The Morgan fingerprint density at radius 1 is 1.40 bits per heavy atom. The molecule has 0 spiro atoms. The van der Waals surface area contributed by atoms with Gasteiger partial charge in [0.05, 0.1) is 5.52 Å². The Balaban J connectivity index is 2.76. The lowest BCUT2D eigenvalue weighted by molar-refractivity contribution is 1.36. The van der Waals surface area contributed by atoms with Crippen LogP contribution in [-0.4, -0.2) is 4.98 Å². The largest absolute Gasteiger partial charge is 0.236 e. The van der Waals surface area contributed by atoms with Gasteiger partial charge in [-0.3, -0.25) is 0 Å². The molecule has 0 saturated carbocycles. The van der Waals surface area contributed by atoms with E-state index in [1.807, 2.05) is 6.92 Å². The first-order valence-corrected chi connectivity index (χ1v) is 4.70. The average molecular weight is 219 g/mol. The van der Waals surface area contributed by atoms with Gasteiger partial charge < -0.3 is 0 Å². The van der Waals surface area contributed by atoms with Crippen LogP contribution in [-0.2, 0) is 0 Å². The number of halogens is 1. The van der Waals surface area contributed by atoms with Gasteiger partial charge in [-0.15, -0.1) is 0 Å². The fourth-order valence-electron chi connectivity index (χ4n) is 1.45. The molecule has 1 heterocycles. The molecular formula is C10H7ClN4. The predicted octanol–water partition coefficient (Wildman–Crippen LogP) is 4.14. The third-order valence-corrected chi connectivity index (χ3v) is 2.32. The van der Waals surface area contributed by atoms with E-state index in [1.54, 1.807) is 24.3 Å². The van der Waals surface area contributed by atoms with Gasteiger partial charge in [0.2, 0.25) is 0 Å². The quantitative estimate of drug-likeness (QED) is 0.307. The minimum absolute atomic E-state index is 0.469. The summed E-state index contributed by atoms with van der Waals surface area (Å²) < 4.78 is 0. The number of rotatable bonds is 1. The van der Waals surface area contributed by atoms with Gasteiger partial charge in [-0.05, 0) is 36.2 Å². The summed E-state index contributed by atoms with van der Waals surface area (Å²) in [5.74, 6) is 0. The molecule has 0 aliphatic heterocycles. The number of aromatic nitrogens is 1. The van der Waals surface area contributed by atoms with Gasteiger partial charge in [0.15, 0.2) is 0 Å². The van der Waals surface area contributed by atoms with Crippen molar-refractivity contribution in [2.75, 3.05) is 0 Å². The van der Waals surface area contributed by atoms with Crippen molar-refractivity contribution in [3.63, 3.8) is 0 Å². The van der Waals surface area contributed by atoms with Gasteiger partial charge in [-0.1, -0.05) is 22.8 Å². The molecule has 5 heteroatoms. The Hall–Kier alpha value is -1.77. The third kappa shape index (κ3) is 1.86. The van der Waals surface area contributed by atoms with Crippen molar-refractivity contribution in [3.05, 3.63) is 45.4 Å². The maximum absolute atomic E-state index is 8.33. The van der Waals surface area contributed by atoms with Crippen LogP contribution in [0.4, 0.5) is 5.69 Å². The third-order valence-electron chi connectivity index (χ3n) is 2.13. The van der Waals surface area contributed by atoms with E-state index in [2.05, 4.69) is 15.0 Å². The van der Waals surface area contributed by atoms with E-state index >= 15 is 0 Å². The van der Waals surface area contributed by atoms with Gasteiger partial charge >= 0.3 is 0 Å². The number of pyridine rings is 1. The minimum atomic E-state index is 0.469. The Labute approximate surface area is 91.1 Å². The maximum Gasteiger partial charge on any atom is 0.130 e. The second-order valence-corrected chi connectivity index (χ2v) is 3.54. The zero-order valence-electron chi connectivity index (χ0n) is 7.98. The summed E-state index contributed by atoms with van der Waals surface area (Å²) in [4.78, 5) is 6.91. The molecule has 74 valence electrons. The molecule has 0 N–H and O–H groups in total. The van der Waals surface area contributed by atoms with Crippen LogP contribution in [0.3, 0.4) is 0 Å². The second-order valence-electron chi connectivity index (χ2n) is 3.15. The van der Waals surface area contributed by atoms with Gasteiger partial charge in [0.1, 0.15) is 5.15 Å². The molecule has 1 aromatic carbocycles. The summed E-state index contributed by atoms with van der Waals surface area (Å²) >= 11 is 5.83. The SMILES string of the molecule is Cc1cc(Cl)nc2ccc(N=[N+]=[N-])cc12. The van der Waals surface area contributed by atoms with E-state index in [0.29, 0.717) is 10.8 Å². The Kier molecular flexibility index (Phi) is 2.46. The van der Waals surface area contributed by atoms with E-state index in [9.17, 15) is 0 Å². The minimum Gasteiger partial charge on any atom is -0.236 e. The number of fused-ring (bicyclic) bond motifs is 1. The van der Waals surface area contributed by atoms with Crippen LogP contribution < -0.4 is 0 Å². The number of hydrogen-bond donors (Lipinski definition) is 0. The summed E-state index contributed by atoms with van der Waals surface area (Å²) in [7, 11) is 0. The van der Waals surface area contributed by atoms with Crippen LogP contribution in [0.25, 0.3) is 21.3 Å². The van der Waals surface area contributed by atoms with Crippen molar-refractivity contribution < 1.29 is 0 Å². The molecule has 1 aromatic heterocycles. The van der Waals surface area contributed by atoms with Crippen LogP contribution >= 0.6 is 11.6 Å². The van der Waals surface area contributed by atoms with Gasteiger partial charge in [-0.25, -0.2) is 4.98 Å². The van der Waals surface area contributed by atoms with Crippen LogP contribution in [0.1, 0.15) is 5.56 Å².